The zero-order valence-electron chi connectivity index (χ0n) is 18.8. The first-order valence-electron chi connectivity index (χ1n) is 12.0. The SMILES string of the molecule is c1ccc2c(c1)Cc1c-2ccc2c1-c1c(ccc3c1nc1c4cnccc4c4ncccc4n31)C2. The molecule has 2 aliphatic rings. The lowest BCUT2D eigenvalue weighted by atomic mass is 9.94. The van der Waals surface area contributed by atoms with E-state index in [4.69, 9.17) is 9.97 Å². The second-order valence-electron chi connectivity index (χ2n) is 9.67. The second-order valence-corrected chi connectivity index (χ2v) is 9.67. The van der Waals surface area contributed by atoms with Crippen molar-refractivity contribution in [2.45, 2.75) is 12.8 Å². The van der Waals surface area contributed by atoms with Gasteiger partial charge < -0.3 is 0 Å². The number of hydrogen-bond acceptors (Lipinski definition) is 3. The number of rotatable bonds is 0. The van der Waals surface area contributed by atoms with Gasteiger partial charge in [-0.2, -0.15) is 0 Å². The van der Waals surface area contributed by atoms with E-state index >= 15 is 0 Å². The Bertz CT molecular complexity index is 2070. The van der Waals surface area contributed by atoms with Crippen LogP contribution in [0.4, 0.5) is 0 Å². The molecule has 0 N–H and O–H groups in total. The fraction of sp³-hybridized carbons (Fsp3) is 0.0645. The van der Waals surface area contributed by atoms with Crippen molar-refractivity contribution in [1.82, 2.24) is 19.4 Å². The lowest BCUT2D eigenvalue weighted by molar-refractivity contribution is 1.23. The first-order chi connectivity index (χ1) is 17.4. The van der Waals surface area contributed by atoms with Crippen molar-refractivity contribution >= 4 is 38.5 Å². The number of aromatic nitrogens is 4. The number of imidazole rings is 1. The highest BCUT2D eigenvalue weighted by atomic mass is 15.0. The fourth-order valence-electron chi connectivity index (χ4n) is 6.52. The molecule has 0 bridgehead atoms. The van der Waals surface area contributed by atoms with E-state index in [-0.39, 0.29) is 0 Å². The molecule has 7 aromatic rings. The Kier molecular flexibility index (Phi) is 3.11. The minimum Gasteiger partial charge on any atom is -0.290 e. The maximum atomic E-state index is 5.33. The molecule has 0 aliphatic heterocycles. The summed E-state index contributed by atoms with van der Waals surface area (Å²) in [6.45, 7) is 0. The van der Waals surface area contributed by atoms with E-state index < -0.39 is 0 Å². The Morgan fingerprint density at radius 3 is 2.51 bits per heavy atom. The minimum atomic E-state index is 0.946. The summed E-state index contributed by atoms with van der Waals surface area (Å²) in [7, 11) is 0. The smallest absolute Gasteiger partial charge is 0.148 e. The van der Waals surface area contributed by atoms with Gasteiger partial charge >= 0.3 is 0 Å². The summed E-state index contributed by atoms with van der Waals surface area (Å²) < 4.78 is 2.28. The first kappa shape index (κ1) is 17.8. The molecule has 0 spiro atoms. The molecule has 0 saturated heterocycles. The molecule has 0 fully saturated rings. The van der Waals surface area contributed by atoms with Gasteiger partial charge in [0.2, 0.25) is 0 Å². The molecule has 4 heteroatoms. The van der Waals surface area contributed by atoms with Crippen molar-refractivity contribution in [2.24, 2.45) is 0 Å². The van der Waals surface area contributed by atoms with Gasteiger partial charge in [-0.1, -0.05) is 42.5 Å². The molecule has 4 heterocycles. The maximum Gasteiger partial charge on any atom is 0.148 e. The van der Waals surface area contributed by atoms with E-state index in [0.717, 1.165) is 51.3 Å². The summed E-state index contributed by atoms with van der Waals surface area (Å²) in [6.07, 6.45) is 7.57. The van der Waals surface area contributed by atoms with Crippen molar-refractivity contribution in [3.8, 4) is 22.3 Å². The molecule has 0 saturated carbocycles. The van der Waals surface area contributed by atoms with Crippen molar-refractivity contribution in [3.63, 3.8) is 0 Å². The molecule has 0 radical (unpaired) electrons. The van der Waals surface area contributed by atoms with Gasteiger partial charge in [-0.25, -0.2) is 4.98 Å². The van der Waals surface area contributed by atoms with Crippen LogP contribution in [0, 0.1) is 0 Å². The van der Waals surface area contributed by atoms with Gasteiger partial charge in [0.15, 0.2) is 0 Å². The molecule has 4 nitrogen and oxygen atoms in total. The van der Waals surface area contributed by atoms with Crippen LogP contribution in [0.25, 0.3) is 60.7 Å². The van der Waals surface area contributed by atoms with Gasteiger partial charge in [0.05, 0.1) is 22.1 Å². The van der Waals surface area contributed by atoms with Crippen molar-refractivity contribution in [3.05, 3.63) is 108 Å². The summed E-state index contributed by atoms with van der Waals surface area (Å²) in [4.78, 5) is 14.5. The maximum absolute atomic E-state index is 5.33. The van der Waals surface area contributed by atoms with E-state index in [0.29, 0.717) is 0 Å². The van der Waals surface area contributed by atoms with Crippen molar-refractivity contribution < 1.29 is 0 Å². The average molecular weight is 447 g/mol. The molecule has 35 heavy (non-hydrogen) atoms. The highest BCUT2D eigenvalue weighted by Crippen LogP contribution is 2.49. The van der Waals surface area contributed by atoms with E-state index in [2.05, 4.69) is 64.0 Å². The Morgan fingerprint density at radius 1 is 0.629 bits per heavy atom. The van der Waals surface area contributed by atoms with Crippen LogP contribution in [0.1, 0.15) is 22.3 Å². The van der Waals surface area contributed by atoms with Crippen molar-refractivity contribution in [2.75, 3.05) is 0 Å². The number of hydrogen-bond donors (Lipinski definition) is 0. The standard InChI is InChI=1S/C31H18N4/c1-2-5-20-17(4-1)15-23-21(20)9-7-18-14-19-8-10-26-30(28(19)27(18)23)34-31-24-16-32-13-11-22(24)29-25(35(26)31)6-3-12-33-29/h1-13,16H,14-15H2. The van der Waals surface area contributed by atoms with E-state index in [1.165, 1.54) is 44.5 Å². The van der Waals surface area contributed by atoms with Gasteiger partial charge in [0.25, 0.3) is 0 Å². The predicted octanol–water partition coefficient (Wildman–Crippen LogP) is 6.73. The Labute approximate surface area is 200 Å². The third-order valence-corrected chi connectivity index (χ3v) is 7.96. The van der Waals surface area contributed by atoms with E-state index in [1.807, 2.05) is 30.7 Å². The van der Waals surface area contributed by atoms with Gasteiger partial charge in [-0.3, -0.25) is 14.4 Å². The van der Waals surface area contributed by atoms with Crippen LogP contribution in [0.15, 0.2) is 85.3 Å². The molecule has 4 aromatic heterocycles. The average Bonchev–Trinajstić information content (AvgIpc) is 3.59. The topological polar surface area (TPSA) is 43.1 Å². The molecule has 0 amide bonds. The van der Waals surface area contributed by atoms with E-state index in [9.17, 15) is 0 Å². The van der Waals surface area contributed by atoms with Crippen LogP contribution >= 0.6 is 0 Å². The molecule has 162 valence electrons. The van der Waals surface area contributed by atoms with Crippen LogP contribution in [-0.4, -0.2) is 19.4 Å². The molecule has 0 atom stereocenters. The lowest BCUT2D eigenvalue weighted by Crippen LogP contribution is -1.93. The fourth-order valence-corrected chi connectivity index (χ4v) is 6.52. The summed E-state index contributed by atoms with van der Waals surface area (Å²) in [5, 5.41) is 2.12. The van der Waals surface area contributed by atoms with Crippen LogP contribution in [0.3, 0.4) is 0 Å². The summed E-state index contributed by atoms with van der Waals surface area (Å²) in [5.41, 5.74) is 16.3. The summed E-state index contributed by atoms with van der Waals surface area (Å²) in [5.74, 6) is 0. The van der Waals surface area contributed by atoms with Gasteiger partial charge in [0, 0.05) is 34.9 Å². The minimum absolute atomic E-state index is 0.946. The van der Waals surface area contributed by atoms with Crippen LogP contribution in [0.5, 0.6) is 0 Å². The number of pyridine rings is 3. The number of fused-ring (bicyclic) bond motifs is 16. The van der Waals surface area contributed by atoms with Crippen LogP contribution in [0.2, 0.25) is 0 Å². The Morgan fingerprint density at radius 2 is 1.51 bits per heavy atom. The highest BCUT2D eigenvalue weighted by molar-refractivity contribution is 6.13. The third kappa shape index (κ3) is 2.11. The van der Waals surface area contributed by atoms with Crippen molar-refractivity contribution in [1.29, 1.82) is 0 Å². The molecule has 3 aromatic carbocycles. The summed E-state index contributed by atoms with van der Waals surface area (Å²) >= 11 is 0. The molecule has 9 rings (SSSR count). The summed E-state index contributed by atoms with van der Waals surface area (Å²) in [6, 6.07) is 24.2. The van der Waals surface area contributed by atoms with Crippen LogP contribution < -0.4 is 0 Å². The Balaban J connectivity index is 1.45. The van der Waals surface area contributed by atoms with Crippen LogP contribution in [-0.2, 0) is 12.8 Å². The van der Waals surface area contributed by atoms with Gasteiger partial charge in [0.1, 0.15) is 5.65 Å². The predicted molar refractivity (Wildman–Crippen MR) is 140 cm³/mol. The zero-order valence-corrected chi connectivity index (χ0v) is 18.8. The first-order valence-corrected chi connectivity index (χ1v) is 12.0. The molecule has 2 aliphatic carbocycles. The normalized spacial score (nSPS) is 13.5. The quantitative estimate of drug-likeness (QED) is 0.243. The Hall–Kier alpha value is -4.57. The monoisotopic (exact) mass is 446 g/mol. The molecule has 0 unspecified atom stereocenters. The number of benzene rings is 3. The lowest BCUT2D eigenvalue weighted by Gasteiger charge is -2.10. The van der Waals surface area contributed by atoms with Gasteiger partial charge in [-0.05, 0) is 76.1 Å². The zero-order chi connectivity index (χ0) is 22.7. The highest BCUT2D eigenvalue weighted by Gasteiger charge is 2.30. The number of nitrogens with zero attached hydrogens (tertiary/aromatic N) is 4. The second kappa shape index (κ2) is 6.10. The third-order valence-electron chi connectivity index (χ3n) is 7.96. The van der Waals surface area contributed by atoms with E-state index in [1.54, 1.807) is 0 Å². The molecular weight excluding hydrogens is 428 g/mol. The van der Waals surface area contributed by atoms with Gasteiger partial charge in [-0.15, -0.1) is 0 Å². The largest absolute Gasteiger partial charge is 0.290 e. The molecular formula is C31H18N4.